The summed E-state index contributed by atoms with van der Waals surface area (Å²) in [5.74, 6) is 0.778. The Labute approximate surface area is 139 Å². The van der Waals surface area contributed by atoms with Crippen LogP contribution >= 0.6 is 11.3 Å². The molecule has 1 aromatic rings. The first-order valence-electron chi connectivity index (χ1n) is 8.75. The summed E-state index contributed by atoms with van der Waals surface area (Å²) >= 11 is 1.92. The van der Waals surface area contributed by atoms with E-state index in [9.17, 15) is 0 Å². The number of thiophene rings is 1. The Morgan fingerprint density at radius 2 is 2.09 bits per heavy atom. The molecule has 1 aromatic heterocycles. The zero-order chi connectivity index (χ0) is 15.5. The molecule has 3 rings (SSSR count). The Kier molecular flexibility index (Phi) is 5.55. The molecule has 22 heavy (non-hydrogen) atoms. The quantitative estimate of drug-likeness (QED) is 0.898. The molecule has 2 atom stereocenters. The van der Waals surface area contributed by atoms with Crippen molar-refractivity contribution in [2.45, 2.75) is 52.1 Å². The second-order valence-corrected chi connectivity index (χ2v) is 8.52. The van der Waals surface area contributed by atoms with Gasteiger partial charge in [0, 0.05) is 35.0 Å². The first kappa shape index (κ1) is 16.4. The van der Waals surface area contributed by atoms with E-state index in [1.54, 1.807) is 0 Å². The fourth-order valence-corrected chi connectivity index (χ4v) is 4.92. The van der Waals surface area contributed by atoms with Crippen molar-refractivity contribution in [3.63, 3.8) is 0 Å². The number of nitrogens with zero attached hydrogens (tertiary/aromatic N) is 1. The first-order chi connectivity index (χ1) is 10.6. The maximum atomic E-state index is 5.50. The van der Waals surface area contributed by atoms with E-state index in [1.165, 1.54) is 54.2 Å². The van der Waals surface area contributed by atoms with Crippen molar-refractivity contribution in [1.29, 1.82) is 0 Å². The largest absolute Gasteiger partial charge is 0.381 e. The summed E-state index contributed by atoms with van der Waals surface area (Å²) in [5, 5.41) is 3.86. The van der Waals surface area contributed by atoms with Gasteiger partial charge in [-0.2, -0.15) is 0 Å². The van der Waals surface area contributed by atoms with Crippen LogP contribution in [0.2, 0.25) is 0 Å². The zero-order valence-corrected chi connectivity index (χ0v) is 15.0. The lowest BCUT2D eigenvalue weighted by molar-refractivity contribution is 0.145. The lowest BCUT2D eigenvalue weighted by Gasteiger charge is -2.35. The van der Waals surface area contributed by atoms with Gasteiger partial charge in [-0.05, 0) is 70.7 Å². The zero-order valence-electron chi connectivity index (χ0n) is 14.2. The molecule has 0 saturated carbocycles. The van der Waals surface area contributed by atoms with E-state index in [0.29, 0.717) is 12.1 Å². The van der Waals surface area contributed by atoms with Crippen molar-refractivity contribution in [2.24, 2.45) is 5.92 Å². The van der Waals surface area contributed by atoms with E-state index >= 15 is 0 Å². The van der Waals surface area contributed by atoms with Gasteiger partial charge in [-0.25, -0.2) is 0 Å². The van der Waals surface area contributed by atoms with E-state index in [-0.39, 0.29) is 0 Å². The Morgan fingerprint density at radius 1 is 1.32 bits per heavy atom. The topological polar surface area (TPSA) is 24.5 Å². The molecule has 0 aliphatic carbocycles. The molecular formula is C18H30N2OS. The third kappa shape index (κ3) is 4.10. The molecule has 0 amide bonds. The van der Waals surface area contributed by atoms with Crippen molar-refractivity contribution in [2.75, 3.05) is 32.8 Å². The van der Waals surface area contributed by atoms with Crippen LogP contribution in [0.4, 0.5) is 0 Å². The van der Waals surface area contributed by atoms with Crippen LogP contribution in [0, 0.1) is 19.8 Å². The number of rotatable bonds is 5. The Bertz CT molecular complexity index is 473. The minimum Gasteiger partial charge on any atom is -0.381 e. The Hall–Kier alpha value is -0.420. The van der Waals surface area contributed by atoms with Gasteiger partial charge >= 0.3 is 0 Å². The van der Waals surface area contributed by atoms with Gasteiger partial charge in [0.15, 0.2) is 0 Å². The maximum absolute atomic E-state index is 5.50. The molecule has 2 fully saturated rings. The molecule has 3 nitrogen and oxygen atoms in total. The number of nitrogens with one attached hydrogen (secondary N) is 1. The molecule has 1 N–H and O–H groups in total. The molecule has 3 heterocycles. The third-order valence-corrected chi connectivity index (χ3v) is 6.14. The number of piperidine rings is 1. The van der Waals surface area contributed by atoms with Crippen LogP contribution in [0.3, 0.4) is 0 Å². The van der Waals surface area contributed by atoms with E-state index in [2.05, 4.69) is 37.1 Å². The summed E-state index contributed by atoms with van der Waals surface area (Å²) in [6.07, 6.45) is 3.81. The molecule has 2 aliphatic heterocycles. The van der Waals surface area contributed by atoms with E-state index in [4.69, 9.17) is 4.74 Å². The number of hydrogen-bond acceptors (Lipinski definition) is 4. The molecule has 4 heteroatoms. The minimum atomic E-state index is 0.477. The maximum Gasteiger partial charge on any atom is 0.0507 e. The fraction of sp³-hybridized carbons (Fsp3) is 0.778. The molecule has 0 aromatic carbocycles. The highest BCUT2D eigenvalue weighted by molar-refractivity contribution is 7.12. The number of aryl methyl sites for hydroxylation is 2. The second-order valence-electron chi connectivity index (χ2n) is 7.06. The average molecular weight is 323 g/mol. The molecule has 2 aliphatic rings. The predicted molar refractivity (Wildman–Crippen MR) is 93.7 cm³/mol. The molecule has 124 valence electrons. The highest BCUT2D eigenvalue weighted by atomic mass is 32.1. The van der Waals surface area contributed by atoms with Crippen molar-refractivity contribution in [3.8, 4) is 0 Å². The third-order valence-electron chi connectivity index (χ3n) is 5.16. The first-order valence-corrected chi connectivity index (χ1v) is 9.56. The monoisotopic (exact) mass is 322 g/mol. The Balaban J connectivity index is 1.44. The smallest absolute Gasteiger partial charge is 0.0507 e. The summed E-state index contributed by atoms with van der Waals surface area (Å²) in [4.78, 5) is 5.54. The number of ether oxygens (including phenoxy) is 1. The molecule has 0 radical (unpaired) electrons. The minimum absolute atomic E-state index is 0.477. The van der Waals surface area contributed by atoms with Gasteiger partial charge in [0.2, 0.25) is 0 Å². The average Bonchev–Trinajstić information content (AvgIpc) is 3.10. The van der Waals surface area contributed by atoms with Crippen LogP contribution in [-0.2, 0) is 4.74 Å². The van der Waals surface area contributed by atoms with Crippen LogP contribution in [0.15, 0.2) is 6.07 Å². The van der Waals surface area contributed by atoms with Crippen molar-refractivity contribution >= 4 is 11.3 Å². The summed E-state index contributed by atoms with van der Waals surface area (Å²) < 4.78 is 5.50. The van der Waals surface area contributed by atoms with Crippen LogP contribution < -0.4 is 5.32 Å². The summed E-state index contributed by atoms with van der Waals surface area (Å²) in [7, 11) is 0. The van der Waals surface area contributed by atoms with E-state index < -0.39 is 0 Å². The van der Waals surface area contributed by atoms with Crippen molar-refractivity contribution in [3.05, 3.63) is 21.4 Å². The summed E-state index contributed by atoms with van der Waals surface area (Å²) in [6.45, 7) is 12.4. The SMILES string of the molecule is Cc1cc([C@@H](C)NC2CCN(C[C@H]3CCOC3)CC2)c(C)s1. The molecule has 0 bridgehead atoms. The fourth-order valence-electron chi connectivity index (χ4n) is 3.90. The predicted octanol–water partition coefficient (Wildman–Crippen LogP) is 3.52. The number of hydrogen-bond donors (Lipinski definition) is 1. The van der Waals surface area contributed by atoms with Gasteiger partial charge in [-0.15, -0.1) is 11.3 Å². The van der Waals surface area contributed by atoms with Gasteiger partial charge in [-0.1, -0.05) is 0 Å². The van der Waals surface area contributed by atoms with E-state index in [1.807, 2.05) is 11.3 Å². The van der Waals surface area contributed by atoms with Gasteiger partial charge < -0.3 is 15.0 Å². The highest BCUT2D eigenvalue weighted by Crippen LogP contribution is 2.27. The summed E-state index contributed by atoms with van der Waals surface area (Å²) in [6, 6.07) is 3.50. The second kappa shape index (κ2) is 7.43. The van der Waals surface area contributed by atoms with Gasteiger partial charge in [0.1, 0.15) is 0 Å². The molecule has 2 saturated heterocycles. The molecular weight excluding hydrogens is 292 g/mol. The lowest BCUT2D eigenvalue weighted by atomic mass is 10.00. The van der Waals surface area contributed by atoms with Crippen molar-refractivity contribution < 1.29 is 4.74 Å². The molecule has 0 spiro atoms. The highest BCUT2D eigenvalue weighted by Gasteiger charge is 2.25. The van der Waals surface area contributed by atoms with Gasteiger partial charge in [0.25, 0.3) is 0 Å². The van der Waals surface area contributed by atoms with Crippen LogP contribution in [0.5, 0.6) is 0 Å². The van der Waals surface area contributed by atoms with Gasteiger partial charge in [0.05, 0.1) is 6.61 Å². The lowest BCUT2D eigenvalue weighted by Crippen LogP contribution is -2.44. The molecule has 0 unspecified atom stereocenters. The normalized spacial score (nSPS) is 25.7. The van der Waals surface area contributed by atoms with Crippen LogP contribution in [0.1, 0.15) is 47.5 Å². The van der Waals surface area contributed by atoms with Crippen LogP contribution in [0.25, 0.3) is 0 Å². The Morgan fingerprint density at radius 3 is 2.68 bits per heavy atom. The van der Waals surface area contributed by atoms with E-state index in [0.717, 1.165) is 19.1 Å². The van der Waals surface area contributed by atoms with Gasteiger partial charge in [-0.3, -0.25) is 0 Å². The van der Waals surface area contributed by atoms with Crippen molar-refractivity contribution in [1.82, 2.24) is 10.2 Å². The van der Waals surface area contributed by atoms with Crippen LogP contribution in [-0.4, -0.2) is 43.8 Å². The summed E-state index contributed by atoms with van der Waals surface area (Å²) in [5.41, 5.74) is 1.49. The number of likely N-dealkylation sites (tertiary alicyclic amines) is 1. The standard InChI is InChI=1S/C18H30N2OS/c1-13-10-18(15(3)22-13)14(2)19-17-4-7-20(8-5-17)11-16-6-9-21-12-16/h10,14,16-17,19H,4-9,11-12H2,1-3H3/t14-,16-/m1/s1.